The molecule has 2 N–H and O–H groups in total. The number of piperidine rings is 2. The van der Waals surface area contributed by atoms with Gasteiger partial charge in [-0.15, -0.1) is 0 Å². The number of ether oxygens (including phenoxy) is 1. The zero-order chi connectivity index (χ0) is 30.7. The second kappa shape index (κ2) is 12.4. The minimum Gasteiger partial charge on any atom is -0.444 e. The van der Waals surface area contributed by atoms with E-state index < -0.39 is 5.60 Å². The van der Waals surface area contributed by atoms with E-state index in [4.69, 9.17) is 9.72 Å². The van der Waals surface area contributed by atoms with E-state index in [0.29, 0.717) is 24.7 Å². The highest BCUT2D eigenvalue weighted by molar-refractivity contribution is 5.74. The third kappa shape index (κ3) is 7.22. The normalized spacial score (nSPS) is 20.3. The van der Waals surface area contributed by atoms with Gasteiger partial charge >= 0.3 is 12.1 Å². The van der Waals surface area contributed by atoms with Crippen LogP contribution in [0.15, 0.2) is 30.5 Å². The Balaban J connectivity index is 1.44. The maximum Gasteiger partial charge on any atom is 0.410 e. The minimum absolute atomic E-state index is 0.0134. The van der Waals surface area contributed by atoms with Crippen LogP contribution in [0.3, 0.4) is 0 Å². The maximum atomic E-state index is 12.5. The molecule has 11 nitrogen and oxygen atoms in total. The summed E-state index contributed by atoms with van der Waals surface area (Å²) in [6, 6.07) is 10.2. The van der Waals surface area contributed by atoms with Gasteiger partial charge in [-0.05, 0) is 76.5 Å². The van der Waals surface area contributed by atoms with Gasteiger partial charge in [0.1, 0.15) is 17.5 Å². The minimum atomic E-state index is -0.506. The van der Waals surface area contributed by atoms with E-state index in [1.807, 2.05) is 32.9 Å². The Morgan fingerprint density at radius 1 is 1.14 bits per heavy atom. The number of likely N-dealkylation sites (tertiary alicyclic amines) is 1. The van der Waals surface area contributed by atoms with Gasteiger partial charge in [0.2, 0.25) is 0 Å². The summed E-state index contributed by atoms with van der Waals surface area (Å²) in [4.78, 5) is 39.4. The quantitative estimate of drug-likeness (QED) is 0.509. The van der Waals surface area contributed by atoms with Crippen molar-refractivity contribution in [3.05, 3.63) is 41.7 Å². The van der Waals surface area contributed by atoms with Gasteiger partial charge in [0.25, 0.3) is 0 Å². The van der Waals surface area contributed by atoms with Gasteiger partial charge in [-0.1, -0.05) is 19.1 Å². The summed E-state index contributed by atoms with van der Waals surface area (Å²) in [5.74, 6) is 1.06. The molecule has 0 bridgehead atoms. The fourth-order valence-electron chi connectivity index (χ4n) is 5.53. The number of aromatic nitrogens is 2. The molecule has 0 aliphatic carbocycles. The number of nitrogens with zero attached hydrogens (tertiary/aromatic N) is 6. The first kappa shape index (κ1) is 30.9. The van der Waals surface area contributed by atoms with Crippen molar-refractivity contribution in [3.63, 3.8) is 0 Å². The second-order valence-electron chi connectivity index (χ2n) is 12.8. The van der Waals surface area contributed by atoms with Gasteiger partial charge in [0.05, 0.1) is 12.2 Å². The van der Waals surface area contributed by atoms with Crippen LogP contribution in [0, 0.1) is 11.3 Å². The number of hydrogen-bond acceptors (Lipinski definition) is 8. The molecule has 2 aromatic rings. The maximum absolute atomic E-state index is 12.5. The van der Waals surface area contributed by atoms with Gasteiger partial charge < -0.3 is 30.1 Å². The number of nitrogens with one attached hydrogen (secondary N) is 2. The number of urea groups is 1. The van der Waals surface area contributed by atoms with E-state index in [0.717, 1.165) is 37.9 Å². The molecule has 2 aliphatic heterocycles. The third-order valence-electron chi connectivity index (χ3n) is 8.23. The number of anilines is 3. The summed E-state index contributed by atoms with van der Waals surface area (Å²) >= 11 is 0. The highest BCUT2D eigenvalue weighted by Crippen LogP contribution is 2.36. The number of hydrogen-bond donors (Lipinski definition) is 2. The van der Waals surface area contributed by atoms with Crippen LogP contribution in [-0.4, -0.2) is 83.3 Å². The molecular formula is C31H44N8O3. The molecule has 42 heavy (non-hydrogen) atoms. The van der Waals surface area contributed by atoms with E-state index in [1.54, 1.807) is 25.2 Å². The van der Waals surface area contributed by atoms with E-state index in [9.17, 15) is 14.9 Å². The lowest BCUT2D eigenvalue weighted by atomic mass is 9.74. The molecule has 3 amide bonds. The molecule has 226 valence electrons. The van der Waals surface area contributed by atoms with Gasteiger partial charge in [-0.2, -0.15) is 5.26 Å². The van der Waals surface area contributed by atoms with Crippen molar-refractivity contribution >= 4 is 29.4 Å². The van der Waals surface area contributed by atoms with Crippen LogP contribution in [0.5, 0.6) is 0 Å². The number of carbonyl (C=O) groups excluding carboxylic acids is 2. The topological polar surface area (TPSA) is 127 Å². The van der Waals surface area contributed by atoms with Crippen molar-refractivity contribution in [2.45, 2.75) is 83.4 Å². The molecular weight excluding hydrogens is 532 g/mol. The monoisotopic (exact) mass is 576 g/mol. The number of amides is 3. The number of nitriles is 1. The average Bonchev–Trinajstić information content (AvgIpc) is 2.94. The molecule has 0 saturated carbocycles. The highest BCUT2D eigenvalue weighted by atomic mass is 16.6. The van der Waals surface area contributed by atoms with Crippen LogP contribution in [0.4, 0.5) is 26.9 Å². The Morgan fingerprint density at radius 2 is 1.81 bits per heavy atom. The van der Waals surface area contributed by atoms with E-state index in [2.05, 4.69) is 52.6 Å². The Bertz CT molecular complexity index is 1310. The van der Waals surface area contributed by atoms with Gasteiger partial charge in [-0.25, -0.2) is 19.6 Å². The molecule has 2 unspecified atom stereocenters. The smallest absolute Gasteiger partial charge is 0.410 e. The van der Waals surface area contributed by atoms with Crippen molar-refractivity contribution in [1.82, 2.24) is 25.1 Å². The second-order valence-corrected chi connectivity index (χ2v) is 12.8. The van der Waals surface area contributed by atoms with Crippen molar-refractivity contribution < 1.29 is 14.3 Å². The Kier molecular flexibility index (Phi) is 9.14. The molecule has 0 spiro atoms. The fourth-order valence-corrected chi connectivity index (χ4v) is 5.53. The first-order valence-electron chi connectivity index (χ1n) is 14.7. The van der Waals surface area contributed by atoms with Crippen molar-refractivity contribution in [1.29, 1.82) is 5.26 Å². The van der Waals surface area contributed by atoms with Crippen LogP contribution < -0.4 is 15.5 Å². The fraction of sp³-hybridized carbons (Fsp3) is 0.581. The lowest BCUT2D eigenvalue weighted by Gasteiger charge is -2.40. The van der Waals surface area contributed by atoms with Crippen molar-refractivity contribution in [2.75, 3.05) is 43.9 Å². The summed E-state index contributed by atoms with van der Waals surface area (Å²) in [6.07, 6.45) is 4.85. The standard InChI is InChI=1S/C31H44N8O3/c1-21-24(35-28(40)37(6)7)9-8-16-39(21)26-20-33-25(19-32)27(36-26)34-23-12-10-22(11-13-23)31(5)14-17-38(18-15-31)29(41)42-30(2,3)4/h10-13,20-21,24H,8-9,14-18H2,1-7H3,(H,34,36)(H,35,40). The first-order chi connectivity index (χ1) is 19.8. The highest BCUT2D eigenvalue weighted by Gasteiger charge is 2.35. The summed E-state index contributed by atoms with van der Waals surface area (Å²) in [7, 11) is 3.46. The zero-order valence-electron chi connectivity index (χ0n) is 25.9. The molecule has 2 aliphatic rings. The zero-order valence-corrected chi connectivity index (χ0v) is 25.9. The molecule has 1 aromatic carbocycles. The number of rotatable bonds is 5. The molecule has 3 heterocycles. The SMILES string of the molecule is CC1C(NC(=O)N(C)C)CCCN1c1cnc(C#N)c(Nc2ccc(C3(C)CCN(C(=O)OC(C)(C)C)CC3)cc2)n1. The number of carbonyl (C=O) groups is 2. The van der Waals surface area contributed by atoms with Crippen LogP contribution in [0.25, 0.3) is 0 Å². The first-order valence-corrected chi connectivity index (χ1v) is 14.7. The van der Waals surface area contributed by atoms with Gasteiger partial charge in [-0.3, -0.25) is 0 Å². The van der Waals surface area contributed by atoms with Gasteiger partial charge in [0, 0.05) is 45.5 Å². The Morgan fingerprint density at radius 3 is 2.40 bits per heavy atom. The lowest BCUT2D eigenvalue weighted by molar-refractivity contribution is 0.0172. The summed E-state index contributed by atoms with van der Waals surface area (Å²) in [5.41, 5.74) is 1.65. The molecule has 0 radical (unpaired) electrons. The molecule has 2 atom stereocenters. The summed E-state index contributed by atoms with van der Waals surface area (Å²) in [5, 5.41) is 16.1. The Hall–Kier alpha value is -4.07. The van der Waals surface area contributed by atoms with Crippen LogP contribution in [0.2, 0.25) is 0 Å². The number of benzene rings is 1. The summed E-state index contributed by atoms with van der Waals surface area (Å²) in [6.45, 7) is 12.0. The van der Waals surface area contributed by atoms with E-state index >= 15 is 0 Å². The summed E-state index contributed by atoms with van der Waals surface area (Å²) < 4.78 is 5.55. The van der Waals surface area contributed by atoms with E-state index in [-0.39, 0.29) is 35.3 Å². The molecule has 1 aromatic heterocycles. The molecule has 2 saturated heterocycles. The van der Waals surface area contributed by atoms with Crippen molar-refractivity contribution in [2.24, 2.45) is 0 Å². The molecule has 2 fully saturated rings. The Labute approximate surface area is 249 Å². The van der Waals surface area contributed by atoms with E-state index in [1.165, 1.54) is 10.5 Å². The molecule has 4 rings (SSSR count). The predicted molar refractivity (Wildman–Crippen MR) is 163 cm³/mol. The van der Waals surface area contributed by atoms with Crippen LogP contribution >= 0.6 is 0 Å². The average molecular weight is 577 g/mol. The third-order valence-corrected chi connectivity index (χ3v) is 8.23. The van der Waals surface area contributed by atoms with Crippen LogP contribution in [0.1, 0.15) is 71.6 Å². The largest absolute Gasteiger partial charge is 0.444 e. The van der Waals surface area contributed by atoms with Crippen LogP contribution in [-0.2, 0) is 10.2 Å². The van der Waals surface area contributed by atoms with Gasteiger partial charge in [0.15, 0.2) is 11.5 Å². The predicted octanol–water partition coefficient (Wildman–Crippen LogP) is 5.01. The van der Waals surface area contributed by atoms with Crippen molar-refractivity contribution in [3.8, 4) is 6.07 Å². The lowest BCUT2D eigenvalue weighted by Crippen LogP contribution is -2.56. The molecule has 11 heteroatoms.